The van der Waals surface area contributed by atoms with Crippen molar-refractivity contribution in [2.75, 3.05) is 19.0 Å². The predicted molar refractivity (Wildman–Crippen MR) is 100 cm³/mol. The van der Waals surface area contributed by atoms with E-state index in [1.165, 1.54) is 0 Å². The monoisotopic (exact) mass is 353 g/mol. The van der Waals surface area contributed by atoms with E-state index in [1.807, 2.05) is 36.4 Å². The fourth-order valence-electron chi connectivity index (χ4n) is 2.51. The number of ether oxygens (including phenoxy) is 1. The smallest absolute Gasteiger partial charge is 0.253 e. The van der Waals surface area contributed by atoms with Gasteiger partial charge in [-0.1, -0.05) is 24.3 Å². The van der Waals surface area contributed by atoms with Crippen molar-refractivity contribution in [2.45, 2.75) is 25.4 Å². The number of benzene rings is 2. The maximum atomic E-state index is 12.3. The van der Waals surface area contributed by atoms with Gasteiger partial charge in [-0.2, -0.15) is 0 Å². The van der Waals surface area contributed by atoms with E-state index in [4.69, 9.17) is 4.74 Å². The molecule has 0 aliphatic heterocycles. The van der Waals surface area contributed by atoms with Gasteiger partial charge in [0.15, 0.2) is 0 Å². The van der Waals surface area contributed by atoms with Crippen molar-refractivity contribution >= 4 is 17.5 Å². The molecule has 0 heterocycles. The van der Waals surface area contributed by atoms with Crippen molar-refractivity contribution < 1.29 is 14.3 Å². The van der Waals surface area contributed by atoms with Crippen LogP contribution in [0.5, 0.6) is 5.75 Å². The number of carbonyl (C=O) groups excluding carboxylic acids is 2. The van der Waals surface area contributed by atoms with Crippen molar-refractivity contribution in [1.82, 2.24) is 10.6 Å². The molecule has 2 aromatic carbocycles. The van der Waals surface area contributed by atoms with Crippen molar-refractivity contribution in [3.8, 4) is 5.75 Å². The molecule has 3 rings (SSSR count). The largest absolute Gasteiger partial charge is 0.497 e. The normalized spacial score (nSPS) is 13.0. The minimum Gasteiger partial charge on any atom is -0.497 e. The first-order chi connectivity index (χ1) is 12.7. The summed E-state index contributed by atoms with van der Waals surface area (Å²) in [6.45, 7) is 0.540. The average molecular weight is 353 g/mol. The number of methoxy groups -OCH3 is 1. The molecular formula is C20H23N3O3. The number of anilines is 1. The summed E-state index contributed by atoms with van der Waals surface area (Å²) < 4.78 is 5.11. The van der Waals surface area contributed by atoms with E-state index < -0.39 is 0 Å². The molecule has 0 atom stereocenters. The SMILES string of the molecule is COc1ccc(CNC(=O)CNc2ccccc2C(=O)NC2CC2)cc1. The van der Waals surface area contributed by atoms with Gasteiger partial charge in [-0.15, -0.1) is 0 Å². The summed E-state index contributed by atoms with van der Waals surface area (Å²) in [7, 11) is 1.62. The molecule has 1 saturated carbocycles. The number of rotatable bonds is 8. The van der Waals surface area contributed by atoms with Crippen molar-refractivity contribution in [3.05, 3.63) is 59.7 Å². The molecular weight excluding hydrogens is 330 g/mol. The van der Waals surface area contributed by atoms with E-state index in [0.717, 1.165) is 24.2 Å². The molecule has 26 heavy (non-hydrogen) atoms. The van der Waals surface area contributed by atoms with E-state index >= 15 is 0 Å². The molecule has 0 aromatic heterocycles. The van der Waals surface area contributed by atoms with Crippen molar-refractivity contribution in [1.29, 1.82) is 0 Å². The van der Waals surface area contributed by atoms with Gasteiger partial charge in [-0.3, -0.25) is 9.59 Å². The van der Waals surface area contributed by atoms with Gasteiger partial charge in [0.1, 0.15) is 5.75 Å². The van der Waals surface area contributed by atoms with Crippen LogP contribution in [0.25, 0.3) is 0 Å². The molecule has 1 aliphatic carbocycles. The third-order valence-corrected chi connectivity index (χ3v) is 4.17. The number of amides is 2. The highest BCUT2D eigenvalue weighted by molar-refractivity contribution is 6.00. The summed E-state index contributed by atoms with van der Waals surface area (Å²) in [5.41, 5.74) is 2.20. The van der Waals surface area contributed by atoms with Crippen LogP contribution in [0.3, 0.4) is 0 Å². The first-order valence-corrected chi connectivity index (χ1v) is 8.69. The van der Waals surface area contributed by atoms with Gasteiger partial charge in [0, 0.05) is 18.3 Å². The van der Waals surface area contributed by atoms with Crippen molar-refractivity contribution in [2.24, 2.45) is 0 Å². The quantitative estimate of drug-likeness (QED) is 0.680. The lowest BCUT2D eigenvalue weighted by molar-refractivity contribution is -0.119. The van der Waals surface area contributed by atoms with Crippen LogP contribution in [0, 0.1) is 0 Å². The molecule has 0 saturated heterocycles. The Kier molecular flexibility index (Phi) is 5.73. The van der Waals surface area contributed by atoms with Crippen LogP contribution in [0.2, 0.25) is 0 Å². The Balaban J connectivity index is 1.50. The van der Waals surface area contributed by atoms with Crippen LogP contribution >= 0.6 is 0 Å². The summed E-state index contributed by atoms with van der Waals surface area (Å²) in [5, 5.41) is 8.87. The first kappa shape index (κ1) is 17.8. The van der Waals surface area contributed by atoms with Gasteiger partial charge in [0.25, 0.3) is 5.91 Å². The zero-order valence-corrected chi connectivity index (χ0v) is 14.7. The molecule has 1 aliphatic rings. The van der Waals surface area contributed by atoms with Crippen LogP contribution in [0.15, 0.2) is 48.5 Å². The van der Waals surface area contributed by atoms with Crippen molar-refractivity contribution in [3.63, 3.8) is 0 Å². The third kappa shape index (κ3) is 4.99. The zero-order chi connectivity index (χ0) is 18.4. The molecule has 2 amide bonds. The number of nitrogens with one attached hydrogen (secondary N) is 3. The Morgan fingerprint density at radius 1 is 1.08 bits per heavy atom. The van der Waals surface area contributed by atoms with E-state index in [9.17, 15) is 9.59 Å². The standard InChI is InChI=1S/C20H23N3O3/c1-26-16-10-6-14(7-11-16)12-22-19(24)13-21-18-5-3-2-4-17(18)20(25)23-15-8-9-15/h2-7,10-11,15,21H,8-9,12-13H2,1H3,(H,22,24)(H,23,25). The molecule has 3 N–H and O–H groups in total. The maximum absolute atomic E-state index is 12.3. The summed E-state index contributed by atoms with van der Waals surface area (Å²) in [4.78, 5) is 24.3. The highest BCUT2D eigenvalue weighted by Gasteiger charge is 2.24. The van der Waals surface area contributed by atoms with Crippen LogP contribution in [0.1, 0.15) is 28.8 Å². The molecule has 136 valence electrons. The van der Waals surface area contributed by atoms with Gasteiger partial charge in [-0.05, 0) is 42.7 Å². The lowest BCUT2D eigenvalue weighted by Gasteiger charge is -2.12. The highest BCUT2D eigenvalue weighted by atomic mass is 16.5. The summed E-state index contributed by atoms with van der Waals surface area (Å²) in [6, 6.07) is 15.0. The van der Waals surface area contributed by atoms with Gasteiger partial charge in [0.05, 0.1) is 19.2 Å². The fraction of sp³-hybridized carbons (Fsp3) is 0.300. The Hall–Kier alpha value is -3.02. The minimum atomic E-state index is -0.141. The lowest BCUT2D eigenvalue weighted by atomic mass is 10.1. The Bertz CT molecular complexity index is 770. The molecule has 1 fully saturated rings. The van der Waals surface area contributed by atoms with Crippen LogP contribution < -0.4 is 20.7 Å². The van der Waals surface area contributed by atoms with Crippen LogP contribution in [0.4, 0.5) is 5.69 Å². The highest BCUT2D eigenvalue weighted by Crippen LogP contribution is 2.21. The van der Waals surface area contributed by atoms with Crippen LogP contribution in [-0.2, 0) is 11.3 Å². The minimum absolute atomic E-state index is 0.101. The molecule has 6 heteroatoms. The predicted octanol–water partition coefficient (Wildman–Crippen LogP) is 2.32. The second kappa shape index (κ2) is 8.38. The van der Waals surface area contributed by atoms with Crippen LogP contribution in [-0.4, -0.2) is 31.5 Å². The first-order valence-electron chi connectivity index (χ1n) is 8.69. The molecule has 0 spiro atoms. The Morgan fingerprint density at radius 3 is 2.50 bits per heavy atom. The summed E-state index contributed by atoms with van der Waals surface area (Å²) in [5.74, 6) is 0.537. The number of hydrogen-bond donors (Lipinski definition) is 3. The number of carbonyl (C=O) groups is 2. The number of hydrogen-bond acceptors (Lipinski definition) is 4. The van der Waals surface area contributed by atoms with Gasteiger partial charge in [-0.25, -0.2) is 0 Å². The molecule has 0 unspecified atom stereocenters. The number of para-hydroxylation sites is 1. The second-order valence-corrected chi connectivity index (χ2v) is 6.27. The van der Waals surface area contributed by atoms with E-state index in [2.05, 4.69) is 16.0 Å². The van der Waals surface area contributed by atoms with Gasteiger partial charge >= 0.3 is 0 Å². The molecule has 6 nitrogen and oxygen atoms in total. The molecule has 0 bridgehead atoms. The fourth-order valence-corrected chi connectivity index (χ4v) is 2.51. The van der Waals surface area contributed by atoms with E-state index in [-0.39, 0.29) is 18.4 Å². The Morgan fingerprint density at radius 2 is 1.81 bits per heavy atom. The summed E-state index contributed by atoms with van der Waals surface area (Å²) in [6.07, 6.45) is 2.07. The zero-order valence-electron chi connectivity index (χ0n) is 14.7. The third-order valence-electron chi connectivity index (χ3n) is 4.17. The molecule has 0 radical (unpaired) electrons. The van der Waals surface area contributed by atoms with E-state index in [0.29, 0.717) is 23.8 Å². The van der Waals surface area contributed by atoms with Gasteiger partial charge < -0.3 is 20.7 Å². The van der Waals surface area contributed by atoms with Gasteiger partial charge in [0.2, 0.25) is 5.91 Å². The maximum Gasteiger partial charge on any atom is 0.253 e. The van der Waals surface area contributed by atoms with E-state index in [1.54, 1.807) is 19.2 Å². The Labute approximate surface area is 152 Å². The lowest BCUT2D eigenvalue weighted by Crippen LogP contribution is -2.30. The topological polar surface area (TPSA) is 79.5 Å². The molecule has 2 aromatic rings. The average Bonchev–Trinajstić information content (AvgIpc) is 3.49. The second-order valence-electron chi connectivity index (χ2n) is 6.27. The summed E-state index contributed by atoms with van der Waals surface area (Å²) >= 11 is 0.